The number of allylic oxidation sites excluding steroid dienone is 1. The summed E-state index contributed by atoms with van der Waals surface area (Å²) < 4.78 is 5.53. The van der Waals surface area contributed by atoms with Crippen LogP contribution >= 0.6 is 0 Å². The van der Waals surface area contributed by atoms with E-state index >= 15 is 0 Å². The average Bonchev–Trinajstić information content (AvgIpc) is 2.95. The zero-order chi connectivity index (χ0) is 20.3. The Morgan fingerprint density at radius 2 is 1.79 bits per heavy atom. The van der Waals surface area contributed by atoms with Crippen LogP contribution < -0.4 is 0 Å². The van der Waals surface area contributed by atoms with Gasteiger partial charge in [0.05, 0.1) is 0 Å². The van der Waals surface area contributed by atoms with E-state index in [4.69, 9.17) is 4.74 Å². The van der Waals surface area contributed by atoms with Gasteiger partial charge in [-0.2, -0.15) is 0 Å². The van der Waals surface area contributed by atoms with Crippen LogP contribution in [0.25, 0.3) is 0 Å². The molecule has 0 heterocycles. The number of Topliss-reactive ketones (excluding diaryl/α,β-unsaturated/α-hetero) is 2. The molecule has 0 radical (unpaired) electrons. The summed E-state index contributed by atoms with van der Waals surface area (Å²) in [5.74, 6) is 1.50. The van der Waals surface area contributed by atoms with Crippen molar-refractivity contribution in [2.45, 2.75) is 85.2 Å². The van der Waals surface area contributed by atoms with Crippen LogP contribution in [0.1, 0.15) is 79.1 Å². The number of esters is 1. The van der Waals surface area contributed by atoms with Gasteiger partial charge in [0.25, 0.3) is 0 Å². The molecule has 0 aromatic rings. The minimum absolute atomic E-state index is 0.0623. The number of carbonyl (C=O) groups is 3. The SMILES string of the molecule is CCC(=O)C1C=C2C[C@@H](OC(C)=O)CC[C@]2(C)[C@H]2CC[C@]3(C)C(=O)CC[C@H]3[C@H]12. The molecule has 0 saturated heterocycles. The minimum Gasteiger partial charge on any atom is -0.462 e. The number of ketones is 2. The first kappa shape index (κ1) is 19.8. The van der Waals surface area contributed by atoms with Gasteiger partial charge in [0.1, 0.15) is 17.7 Å². The summed E-state index contributed by atoms with van der Waals surface area (Å²) >= 11 is 0. The van der Waals surface area contributed by atoms with E-state index in [0.29, 0.717) is 36.2 Å². The molecule has 0 aliphatic heterocycles. The number of fused-ring (bicyclic) bond motifs is 5. The van der Waals surface area contributed by atoms with Gasteiger partial charge < -0.3 is 4.74 Å². The van der Waals surface area contributed by atoms with E-state index in [0.717, 1.165) is 38.5 Å². The smallest absolute Gasteiger partial charge is 0.302 e. The maximum absolute atomic E-state index is 13.0. The highest BCUT2D eigenvalue weighted by Crippen LogP contribution is 2.65. The van der Waals surface area contributed by atoms with Crippen molar-refractivity contribution in [3.05, 3.63) is 11.6 Å². The first-order valence-corrected chi connectivity index (χ1v) is 11.1. The molecule has 0 spiro atoms. The Balaban J connectivity index is 1.74. The molecule has 4 heteroatoms. The molecule has 4 rings (SSSR count). The highest BCUT2D eigenvalue weighted by Gasteiger charge is 2.61. The fraction of sp³-hybridized carbons (Fsp3) is 0.792. The summed E-state index contributed by atoms with van der Waals surface area (Å²) in [6.45, 7) is 7.96. The number of hydrogen-bond acceptors (Lipinski definition) is 4. The Kier molecular flexibility index (Phi) is 4.83. The quantitative estimate of drug-likeness (QED) is 0.523. The Hall–Kier alpha value is -1.45. The second-order valence-corrected chi connectivity index (χ2v) is 10.1. The summed E-state index contributed by atoms with van der Waals surface area (Å²) in [6, 6.07) is 0. The molecule has 4 aliphatic carbocycles. The topological polar surface area (TPSA) is 60.4 Å². The van der Waals surface area contributed by atoms with Crippen molar-refractivity contribution >= 4 is 17.5 Å². The standard InChI is InChI=1S/C24H34O4/c1-5-20(26)17-13-15-12-16(28-14(2)25)8-10-23(15,3)19-9-11-24(4)18(22(17)19)6-7-21(24)27/h13,16-19,22H,5-12H2,1-4H3/t16-,17?,18-,19-,22-,23-,24-/m0/s1. The first-order valence-electron chi connectivity index (χ1n) is 11.1. The van der Waals surface area contributed by atoms with Crippen LogP contribution in [0.15, 0.2) is 11.6 Å². The predicted molar refractivity (Wildman–Crippen MR) is 106 cm³/mol. The van der Waals surface area contributed by atoms with Crippen LogP contribution in [-0.2, 0) is 19.1 Å². The van der Waals surface area contributed by atoms with Gasteiger partial charge in [0.15, 0.2) is 0 Å². The molecule has 7 atom stereocenters. The van der Waals surface area contributed by atoms with Gasteiger partial charge in [-0.1, -0.05) is 32.4 Å². The lowest BCUT2D eigenvalue weighted by atomic mass is 9.45. The predicted octanol–water partition coefficient (Wildman–Crippen LogP) is 4.66. The van der Waals surface area contributed by atoms with Gasteiger partial charge in [0.2, 0.25) is 0 Å². The van der Waals surface area contributed by atoms with Crippen molar-refractivity contribution in [3.8, 4) is 0 Å². The van der Waals surface area contributed by atoms with Gasteiger partial charge in [-0.3, -0.25) is 14.4 Å². The highest BCUT2D eigenvalue weighted by atomic mass is 16.5. The summed E-state index contributed by atoms with van der Waals surface area (Å²) in [7, 11) is 0. The zero-order valence-electron chi connectivity index (χ0n) is 17.8. The molecule has 154 valence electrons. The Labute approximate surface area is 168 Å². The maximum atomic E-state index is 13.0. The Bertz CT molecular complexity index is 737. The molecule has 3 saturated carbocycles. The average molecular weight is 387 g/mol. The number of ether oxygens (including phenoxy) is 1. The summed E-state index contributed by atoms with van der Waals surface area (Å²) in [5, 5.41) is 0. The number of rotatable bonds is 3. The van der Waals surface area contributed by atoms with E-state index in [1.165, 1.54) is 12.5 Å². The second-order valence-electron chi connectivity index (χ2n) is 10.1. The van der Waals surface area contributed by atoms with E-state index in [1.807, 2.05) is 6.92 Å². The van der Waals surface area contributed by atoms with Gasteiger partial charge in [-0.05, 0) is 55.3 Å². The maximum Gasteiger partial charge on any atom is 0.302 e. The minimum atomic E-state index is -0.232. The zero-order valence-corrected chi connectivity index (χ0v) is 17.8. The lowest BCUT2D eigenvalue weighted by molar-refractivity contribution is -0.150. The van der Waals surface area contributed by atoms with Crippen molar-refractivity contribution in [1.82, 2.24) is 0 Å². The molecule has 0 N–H and O–H groups in total. The molecule has 0 aromatic heterocycles. The number of hydrogen-bond donors (Lipinski definition) is 0. The van der Waals surface area contributed by atoms with E-state index in [1.54, 1.807) is 0 Å². The lowest BCUT2D eigenvalue weighted by Gasteiger charge is -2.58. The molecule has 3 fully saturated rings. The summed E-state index contributed by atoms with van der Waals surface area (Å²) in [4.78, 5) is 37.2. The second kappa shape index (κ2) is 6.81. The normalized spacial score (nSPS) is 44.8. The van der Waals surface area contributed by atoms with Gasteiger partial charge in [0, 0.05) is 37.5 Å². The molecule has 0 aromatic carbocycles. The molecule has 1 unspecified atom stereocenters. The van der Waals surface area contributed by atoms with E-state index in [2.05, 4.69) is 19.9 Å². The number of carbonyl (C=O) groups excluding carboxylic acids is 3. The van der Waals surface area contributed by atoms with Gasteiger partial charge >= 0.3 is 5.97 Å². The van der Waals surface area contributed by atoms with Crippen LogP contribution in [-0.4, -0.2) is 23.6 Å². The van der Waals surface area contributed by atoms with Crippen molar-refractivity contribution in [1.29, 1.82) is 0 Å². The first-order chi connectivity index (χ1) is 13.2. The highest BCUT2D eigenvalue weighted by molar-refractivity contribution is 5.88. The molecule has 0 bridgehead atoms. The largest absolute Gasteiger partial charge is 0.462 e. The molecule has 0 amide bonds. The van der Waals surface area contributed by atoms with Gasteiger partial charge in [-0.25, -0.2) is 0 Å². The lowest BCUT2D eigenvalue weighted by Crippen LogP contribution is -2.54. The Morgan fingerprint density at radius 1 is 1.11 bits per heavy atom. The molecular formula is C24H34O4. The van der Waals surface area contributed by atoms with Crippen molar-refractivity contribution in [3.63, 3.8) is 0 Å². The molecule has 4 nitrogen and oxygen atoms in total. The monoisotopic (exact) mass is 386 g/mol. The molecular weight excluding hydrogens is 352 g/mol. The van der Waals surface area contributed by atoms with Gasteiger partial charge in [-0.15, -0.1) is 0 Å². The molecule has 28 heavy (non-hydrogen) atoms. The van der Waals surface area contributed by atoms with Crippen LogP contribution in [0.2, 0.25) is 0 Å². The van der Waals surface area contributed by atoms with Crippen LogP contribution in [0, 0.1) is 34.5 Å². The molecule has 4 aliphatic rings. The third kappa shape index (κ3) is 2.81. The third-order valence-corrected chi connectivity index (χ3v) is 8.88. The van der Waals surface area contributed by atoms with E-state index < -0.39 is 0 Å². The van der Waals surface area contributed by atoms with Crippen LogP contribution in [0.5, 0.6) is 0 Å². The van der Waals surface area contributed by atoms with Crippen LogP contribution in [0.3, 0.4) is 0 Å². The van der Waals surface area contributed by atoms with E-state index in [-0.39, 0.29) is 34.7 Å². The Morgan fingerprint density at radius 3 is 2.46 bits per heavy atom. The van der Waals surface area contributed by atoms with Crippen LogP contribution in [0.4, 0.5) is 0 Å². The third-order valence-electron chi connectivity index (χ3n) is 8.88. The van der Waals surface area contributed by atoms with Crippen molar-refractivity contribution < 1.29 is 19.1 Å². The summed E-state index contributed by atoms with van der Waals surface area (Å²) in [5.41, 5.74) is 1.16. The van der Waals surface area contributed by atoms with E-state index in [9.17, 15) is 14.4 Å². The fourth-order valence-electron chi connectivity index (χ4n) is 7.30. The van der Waals surface area contributed by atoms with Crippen molar-refractivity contribution in [2.75, 3.05) is 0 Å². The summed E-state index contributed by atoms with van der Waals surface area (Å²) in [6.07, 6.45) is 8.99. The fourth-order valence-corrected chi connectivity index (χ4v) is 7.30. The van der Waals surface area contributed by atoms with Crippen molar-refractivity contribution in [2.24, 2.45) is 34.5 Å².